The molecule has 26 heavy (non-hydrogen) atoms. The van der Waals surface area contributed by atoms with E-state index in [1.807, 2.05) is 19.9 Å². The maximum atomic E-state index is 12.2. The molecule has 1 aromatic carbocycles. The van der Waals surface area contributed by atoms with Crippen molar-refractivity contribution in [3.63, 3.8) is 0 Å². The predicted octanol–water partition coefficient (Wildman–Crippen LogP) is 4.60. The van der Waals surface area contributed by atoms with Crippen molar-refractivity contribution < 1.29 is 22.7 Å². The standard InChI is InChI=1S/C18H19F3N2O2S/c1-11-7-16(13(3)26-11)12(2)22-23-17(24)15-6-4-5-14(8-15)9-25-10-18(19,20)21/h4-8H,9-10H2,1-3H3,(H,23,24). The summed E-state index contributed by atoms with van der Waals surface area (Å²) in [5.74, 6) is -0.438. The van der Waals surface area contributed by atoms with Gasteiger partial charge in [-0.25, -0.2) is 5.43 Å². The van der Waals surface area contributed by atoms with Crippen molar-refractivity contribution in [1.29, 1.82) is 0 Å². The minimum atomic E-state index is -4.38. The van der Waals surface area contributed by atoms with Crippen LogP contribution < -0.4 is 5.43 Å². The Morgan fingerprint density at radius 3 is 2.62 bits per heavy atom. The van der Waals surface area contributed by atoms with Gasteiger partial charge in [0.2, 0.25) is 0 Å². The Labute approximate surface area is 153 Å². The number of carbonyl (C=O) groups is 1. The number of hydrazone groups is 1. The fourth-order valence-corrected chi connectivity index (χ4v) is 3.31. The van der Waals surface area contributed by atoms with E-state index >= 15 is 0 Å². The third-order valence-electron chi connectivity index (χ3n) is 3.48. The maximum absolute atomic E-state index is 12.2. The fourth-order valence-electron chi connectivity index (χ4n) is 2.34. The van der Waals surface area contributed by atoms with Crippen LogP contribution in [0.4, 0.5) is 13.2 Å². The van der Waals surface area contributed by atoms with Gasteiger partial charge < -0.3 is 4.74 Å². The molecule has 1 N–H and O–H groups in total. The second-order valence-corrected chi connectivity index (χ2v) is 7.23. The van der Waals surface area contributed by atoms with Crippen LogP contribution in [0, 0.1) is 13.8 Å². The Kier molecular flexibility index (Phi) is 6.55. The molecule has 0 bridgehead atoms. The van der Waals surface area contributed by atoms with Crippen LogP contribution in [-0.4, -0.2) is 24.4 Å². The number of aryl methyl sites for hydroxylation is 2. The molecule has 8 heteroatoms. The van der Waals surface area contributed by atoms with E-state index in [4.69, 9.17) is 0 Å². The van der Waals surface area contributed by atoms with Crippen LogP contribution in [0.1, 0.15) is 38.2 Å². The summed E-state index contributed by atoms with van der Waals surface area (Å²) in [4.78, 5) is 14.5. The van der Waals surface area contributed by atoms with Crippen LogP contribution >= 0.6 is 11.3 Å². The predicted molar refractivity (Wildman–Crippen MR) is 95.6 cm³/mol. The number of rotatable bonds is 6. The number of benzene rings is 1. The molecule has 1 aromatic heterocycles. The number of thiophene rings is 1. The largest absolute Gasteiger partial charge is 0.411 e. The summed E-state index contributed by atoms with van der Waals surface area (Å²) in [5, 5.41) is 4.11. The van der Waals surface area contributed by atoms with Crippen LogP contribution in [0.2, 0.25) is 0 Å². The van der Waals surface area contributed by atoms with E-state index in [1.54, 1.807) is 36.5 Å². The summed E-state index contributed by atoms with van der Waals surface area (Å²) in [5.41, 5.74) is 4.91. The van der Waals surface area contributed by atoms with E-state index in [2.05, 4.69) is 15.3 Å². The van der Waals surface area contributed by atoms with E-state index < -0.39 is 18.7 Å². The van der Waals surface area contributed by atoms with Crippen molar-refractivity contribution in [3.8, 4) is 0 Å². The molecule has 0 aliphatic rings. The quantitative estimate of drug-likeness (QED) is 0.585. The first-order chi connectivity index (χ1) is 12.2. The number of nitrogens with zero attached hydrogens (tertiary/aromatic N) is 1. The van der Waals surface area contributed by atoms with Gasteiger partial charge >= 0.3 is 6.18 Å². The first kappa shape index (κ1) is 20.1. The third kappa shape index (κ3) is 5.96. The van der Waals surface area contributed by atoms with Crippen LogP contribution in [0.15, 0.2) is 35.4 Å². The Morgan fingerprint density at radius 1 is 1.27 bits per heavy atom. The smallest absolute Gasteiger partial charge is 0.367 e. The van der Waals surface area contributed by atoms with Crippen molar-refractivity contribution in [1.82, 2.24) is 5.43 Å². The van der Waals surface area contributed by atoms with Gasteiger partial charge in [-0.05, 0) is 44.5 Å². The minimum absolute atomic E-state index is 0.226. The lowest BCUT2D eigenvalue weighted by Gasteiger charge is -2.08. The summed E-state index contributed by atoms with van der Waals surface area (Å²) in [6.45, 7) is 4.23. The second-order valence-electron chi connectivity index (χ2n) is 5.77. The molecular weight excluding hydrogens is 365 g/mol. The first-order valence-corrected chi connectivity index (χ1v) is 8.63. The van der Waals surface area contributed by atoms with Crippen molar-refractivity contribution in [2.45, 2.75) is 33.6 Å². The van der Waals surface area contributed by atoms with Crippen molar-refractivity contribution in [2.24, 2.45) is 5.10 Å². The zero-order valence-corrected chi connectivity index (χ0v) is 15.4. The van der Waals surface area contributed by atoms with E-state index in [1.165, 1.54) is 6.07 Å². The van der Waals surface area contributed by atoms with Gasteiger partial charge in [0, 0.05) is 20.9 Å². The van der Waals surface area contributed by atoms with E-state index in [0.29, 0.717) is 16.8 Å². The van der Waals surface area contributed by atoms with Gasteiger partial charge in [-0.1, -0.05) is 12.1 Å². The molecule has 2 aromatic rings. The molecule has 0 saturated heterocycles. The Morgan fingerprint density at radius 2 is 2.00 bits per heavy atom. The average Bonchev–Trinajstić information content (AvgIpc) is 2.90. The van der Waals surface area contributed by atoms with Crippen LogP contribution in [-0.2, 0) is 11.3 Å². The molecule has 140 valence electrons. The zero-order valence-electron chi connectivity index (χ0n) is 14.6. The van der Waals surface area contributed by atoms with Gasteiger partial charge in [-0.2, -0.15) is 18.3 Å². The van der Waals surface area contributed by atoms with E-state index in [9.17, 15) is 18.0 Å². The molecular formula is C18H19F3N2O2S. The SMILES string of the molecule is CC(=NNC(=O)c1cccc(COCC(F)(F)F)c1)c1cc(C)sc1C. The number of amides is 1. The van der Waals surface area contributed by atoms with Crippen LogP contribution in [0.25, 0.3) is 0 Å². The molecule has 4 nitrogen and oxygen atoms in total. The summed E-state index contributed by atoms with van der Waals surface area (Å²) in [6, 6.07) is 8.23. The highest BCUT2D eigenvalue weighted by Gasteiger charge is 2.27. The van der Waals surface area contributed by atoms with Crippen molar-refractivity contribution in [3.05, 3.63) is 56.8 Å². The molecule has 0 radical (unpaired) electrons. The normalized spacial score (nSPS) is 12.3. The monoisotopic (exact) mass is 384 g/mol. The molecule has 0 spiro atoms. The average molecular weight is 384 g/mol. The van der Waals surface area contributed by atoms with Crippen LogP contribution in [0.3, 0.4) is 0 Å². The lowest BCUT2D eigenvalue weighted by Crippen LogP contribution is -2.20. The highest BCUT2D eigenvalue weighted by Crippen LogP contribution is 2.21. The van der Waals surface area contributed by atoms with Gasteiger partial charge in [0.05, 0.1) is 12.3 Å². The van der Waals surface area contributed by atoms with Gasteiger partial charge in [0.1, 0.15) is 6.61 Å². The number of carbonyl (C=O) groups excluding carboxylic acids is 1. The summed E-state index contributed by atoms with van der Waals surface area (Å²) >= 11 is 1.65. The van der Waals surface area contributed by atoms with Gasteiger partial charge in [0.15, 0.2) is 0 Å². The zero-order chi connectivity index (χ0) is 19.3. The topological polar surface area (TPSA) is 50.7 Å². The molecule has 1 amide bonds. The molecule has 0 aliphatic heterocycles. The number of hydrogen-bond acceptors (Lipinski definition) is 4. The first-order valence-electron chi connectivity index (χ1n) is 7.81. The second kappa shape index (κ2) is 8.46. The lowest BCUT2D eigenvalue weighted by atomic mass is 10.1. The Balaban J connectivity index is 2.00. The van der Waals surface area contributed by atoms with Gasteiger partial charge in [0.25, 0.3) is 5.91 Å². The van der Waals surface area contributed by atoms with E-state index in [0.717, 1.165) is 15.3 Å². The lowest BCUT2D eigenvalue weighted by molar-refractivity contribution is -0.176. The summed E-state index contributed by atoms with van der Waals surface area (Å²) in [7, 11) is 0. The van der Waals surface area contributed by atoms with Gasteiger partial charge in [-0.3, -0.25) is 4.79 Å². The van der Waals surface area contributed by atoms with Crippen molar-refractivity contribution >= 4 is 23.0 Å². The molecule has 0 aliphatic carbocycles. The highest BCUT2D eigenvalue weighted by atomic mass is 32.1. The molecule has 0 saturated carbocycles. The maximum Gasteiger partial charge on any atom is 0.411 e. The number of hydrogen-bond donors (Lipinski definition) is 1. The minimum Gasteiger partial charge on any atom is -0.367 e. The summed E-state index contributed by atoms with van der Waals surface area (Å²) < 4.78 is 40.9. The number of nitrogens with one attached hydrogen (secondary N) is 1. The molecule has 0 unspecified atom stereocenters. The van der Waals surface area contributed by atoms with Crippen LogP contribution in [0.5, 0.6) is 0 Å². The molecule has 1 heterocycles. The molecule has 0 atom stereocenters. The fraction of sp³-hybridized carbons (Fsp3) is 0.333. The summed E-state index contributed by atoms with van der Waals surface area (Å²) in [6.07, 6.45) is -4.38. The highest BCUT2D eigenvalue weighted by molar-refractivity contribution is 7.12. The van der Waals surface area contributed by atoms with Gasteiger partial charge in [-0.15, -0.1) is 11.3 Å². The Bertz CT molecular complexity index is 813. The van der Waals surface area contributed by atoms with Crippen molar-refractivity contribution in [2.75, 3.05) is 6.61 Å². The number of halogens is 3. The number of ether oxygens (including phenoxy) is 1. The third-order valence-corrected chi connectivity index (χ3v) is 4.45. The molecule has 0 fully saturated rings. The Hall–Kier alpha value is -2.19. The number of alkyl halides is 3. The molecule has 2 rings (SSSR count). The van der Waals surface area contributed by atoms with E-state index in [-0.39, 0.29) is 6.61 Å².